The van der Waals surface area contributed by atoms with Crippen molar-refractivity contribution in [1.82, 2.24) is 4.90 Å². The van der Waals surface area contributed by atoms with Crippen LogP contribution in [0.2, 0.25) is 0 Å². The molecule has 1 saturated carbocycles. The van der Waals surface area contributed by atoms with E-state index in [0.717, 1.165) is 37.3 Å². The predicted octanol–water partition coefficient (Wildman–Crippen LogP) is 2.61. The Morgan fingerprint density at radius 1 is 1.09 bits per heavy atom. The molecule has 0 aliphatic heterocycles. The van der Waals surface area contributed by atoms with Gasteiger partial charge in [-0.15, -0.1) is 0 Å². The maximum atomic E-state index is 12.6. The molecule has 1 amide bonds. The molecule has 23 heavy (non-hydrogen) atoms. The van der Waals surface area contributed by atoms with E-state index in [2.05, 4.69) is 6.92 Å². The molecule has 0 aromatic heterocycles. The molecule has 126 valence electrons. The first-order valence-corrected chi connectivity index (χ1v) is 8.25. The Morgan fingerprint density at radius 3 is 2.26 bits per heavy atom. The molecule has 0 unspecified atom stereocenters. The highest BCUT2D eigenvalue weighted by atomic mass is 16.4. The number of amides is 1. The molecule has 0 radical (unpaired) electrons. The Labute approximate surface area is 137 Å². The molecule has 5 heteroatoms. The highest BCUT2D eigenvalue weighted by molar-refractivity contribution is 5.84. The average Bonchev–Trinajstić information content (AvgIpc) is 2.54. The monoisotopic (exact) mass is 318 g/mol. The second-order valence-electron chi connectivity index (χ2n) is 6.50. The van der Waals surface area contributed by atoms with Crippen molar-refractivity contribution in [3.05, 3.63) is 30.3 Å². The fourth-order valence-electron chi connectivity index (χ4n) is 3.15. The van der Waals surface area contributed by atoms with Gasteiger partial charge in [0.15, 0.2) is 0 Å². The summed E-state index contributed by atoms with van der Waals surface area (Å²) in [4.78, 5) is 27.1. The van der Waals surface area contributed by atoms with Crippen LogP contribution in [0.3, 0.4) is 0 Å². The van der Waals surface area contributed by atoms with E-state index in [9.17, 15) is 9.59 Å². The number of hydrogen-bond donors (Lipinski definition) is 1. The van der Waals surface area contributed by atoms with Crippen molar-refractivity contribution in [2.75, 3.05) is 25.0 Å². The number of rotatable bonds is 6. The van der Waals surface area contributed by atoms with Crippen molar-refractivity contribution < 1.29 is 14.7 Å². The summed E-state index contributed by atoms with van der Waals surface area (Å²) in [6.45, 7) is 2.17. The number of carbonyl (C=O) groups is 2. The normalized spacial score (nSPS) is 20.8. The van der Waals surface area contributed by atoms with Gasteiger partial charge in [0, 0.05) is 18.8 Å². The Bertz CT molecular complexity index is 524. The summed E-state index contributed by atoms with van der Waals surface area (Å²) in [5.41, 5.74) is 0.758. The van der Waals surface area contributed by atoms with Crippen LogP contribution in [0.25, 0.3) is 0 Å². The van der Waals surface area contributed by atoms with Crippen LogP contribution >= 0.6 is 0 Å². The molecule has 0 bridgehead atoms. The van der Waals surface area contributed by atoms with Gasteiger partial charge in [0.2, 0.25) is 5.91 Å². The Hall–Kier alpha value is -2.04. The van der Waals surface area contributed by atoms with E-state index in [0.29, 0.717) is 0 Å². The maximum absolute atomic E-state index is 12.6. The van der Waals surface area contributed by atoms with Crippen LogP contribution in [0.1, 0.15) is 32.6 Å². The minimum absolute atomic E-state index is 0.0188. The van der Waals surface area contributed by atoms with Crippen LogP contribution in [-0.2, 0) is 9.59 Å². The highest BCUT2D eigenvalue weighted by Crippen LogP contribution is 2.26. The van der Waals surface area contributed by atoms with Gasteiger partial charge in [-0.2, -0.15) is 0 Å². The second-order valence-corrected chi connectivity index (χ2v) is 6.50. The number of hydrogen-bond acceptors (Lipinski definition) is 3. The smallest absolute Gasteiger partial charge is 0.323 e. The minimum Gasteiger partial charge on any atom is -0.480 e. The van der Waals surface area contributed by atoms with Crippen LogP contribution in [0.5, 0.6) is 0 Å². The zero-order valence-electron chi connectivity index (χ0n) is 13.9. The summed E-state index contributed by atoms with van der Waals surface area (Å²) in [5.74, 6) is -0.215. The van der Waals surface area contributed by atoms with Gasteiger partial charge in [-0.3, -0.25) is 9.59 Å². The largest absolute Gasteiger partial charge is 0.480 e. The lowest BCUT2D eigenvalue weighted by atomic mass is 9.87. The van der Waals surface area contributed by atoms with Crippen molar-refractivity contribution in [2.45, 2.75) is 38.6 Å². The first-order chi connectivity index (χ1) is 11.0. The lowest BCUT2D eigenvalue weighted by Gasteiger charge is -2.35. The molecular formula is C18H26N2O3. The molecule has 1 aliphatic rings. The zero-order chi connectivity index (χ0) is 16.8. The van der Waals surface area contributed by atoms with Crippen molar-refractivity contribution >= 4 is 17.6 Å². The van der Waals surface area contributed by atoms with Crippen LogP contribution in [0.4, 0.5) is 5.69 Å². The molecule has 0 saturated heterocycles. The molecule has 1 aromatic carbocycles. The molecule has 1 aromatic rings. The van der Waals surface area contributed by atoms with Crippen LogP contribution in [0, 0.1) is 5.92 Å². The number of nitrogens with zero attached hydrogens (tertiary/aromatic N) is 2. The lowest BCUT2D eigenvalue weighted by molar-refractivity contribution is -0.135. The first-order valence-electron chi connectivity index (χ1n) is 8.25. The fraction of sp³-hybridized carbons (Fsp3) is 0.556. The number of para-hydroxylation sites is 1. The van der Waals surface area contributed by atoms with E-state index >= 15 is 0 Å². The van der Waals surface area contributed by atoms with E-state index < -0.39 is 5.97 Å². The zero-order valence-corrected chi connectivity index (χ0v) is 13.9. The highest BCUT2D eigenvalue weighted by Gasteiger charge is 2.26. The SMILES string of the molecule is CC1CCC(N(C)C(=O)CN(CC(=O)O)c2ccccc2)CC1. The third kappa shape index (κ3) is 4.98. The van der Waals surface area contributed by atoms with Gasteiger partial charge in [0.1, 0.15) is 6.54 Å². The number of carboxylic acids is 1. The summed E-state index contributed by atoms with van der Waals surface area (Å²) in [7, 11) is 1.84. The molecule has 5 nitrogen and oxygen atoms in total. The molecule has 2 rings (SSSR count). The summed E-state index contributed by atoms with van der Waals surface area (Å²) in [6, 6.07) is 9.51. The van der Waals surface area contributed by atoms with Crippen LogP contribution in [0.15, 0.2) is 30.3 Å². The molecule has 0 heterocycles. The van der Waals surface area contributed by atoms with Gasteiger partial charge in [-0.05, 0) is 43.7 Å². The maximum Gasteiger partial charge on any atom is 0.323 e. The number of benzene rings is 1. The summed E-state index contributed by atoms with van der Waals surface area (Å²) < 4.78 is 0. The molecule has 1 N–H and O–H groups in total. The van der Waals surface area contributed by atoms with Gasteiger partial charge in [-0.1, -0.05) is 25.1 Å². The number of aliphatic carboxylic acids is 1. The Kier molecular flexibility index (Phi) is 6.02. The first kappa shape index (κ1) is 17.3. The van der Waals surface area contributed by atoms with Gasteiger partial charge in [0.05, 0.1) is 6.54 Å². The van der Waals surface area contributed by atoms with E-state index in [4.69, 9.17) is 5.11 Å². The van der Waals surface area contributed by atoms with E-state index in [-0.39, 0.29) is 25.0 Å². The van der Waals surface area contributed by atoms with Crippen LogP contribution in [-0.4, -0.2) is 48.1 Å². The Balaban J connectivity index is 2.00. The Morgan fingerprint density at radius 2 is 1.70 bits per heavy atom. The van der Waals surface area contributed by atoms with Gasteiger partial charge >= 0.3 is 5.97 Å². The van der Waals surface area contributed by atoms with E-state index in [1.165, 1.54) is 0 Å². The van der Waals surface area contributed by atoms with E-state index in [1.54, 1.807) is 4.90 Å². The molecule has 1 aliphatic carbocycles. The number of carbonyl (C=O) groups excluding carboxylic acids is 1. The molecule has 0 atom stereocenters. The fourth-order valence-corrected chi connectivity index (χ4v) is 3.15. The third-order valence-corrected chi connectivity index (χ3v) is 4.70. The average molecular weight is 318 g/mol. The lowest BCUT2D eigenvalue weighted by Crippen LogP contribution is -2.45. The molecular weight excluding hydrogens is 292 g/mol. The van der Waals surface area contributed by atoms with Gasteiger partial charge < -0.3 is 14.9 Å². The summed E-state index contributed by atoms with van der Waals surface area (Å²) in [6.07, 6.45) is 4.38. The topological polar surface area (TPSA) is 60.9 Å². The second kappa shape index (κ2) is 7.99. The third-order valence-electron chi connectivity index (χ3n) is 4.70. The number of anilines is 1. The van der Waals surface area contributed by atoms with Crippen molar-refractivity contribution in [3.63, 3.8) is 0 Å². The summed E-state index contributed by atoms with van der Waals surface area (Å²) >= 11 is 0. The van der Waals surface area contributed by atoms with Crippen LogP contribution < -0.4 is 4.90 Å². The summed E-state index contributed by atoms with van der Waals surface area (Å²) in [5, 5.41) is 9.11. The van der Waals surface area contributed by atoms with E-state index in [1.807, 2.05) is 42.3 Å². The number of likely N-dealkylation sites (N-methyl/N-ethyl adjacent to an activating group) is 1. The standard InChI is InChI=1S/C18H26N2O3/c1-14-8-10-15(11-9-14)19(2)17(21)12-20(13-18(22)23)16-6-4-3-5-7-16/h3-7,14-15H,8-13H2,1-2H3,(H,22,23). The van der Waals surface area contributed by atoms with Gasteiger partial charge in [-0.25, -0.2) is 0 Å². The van der Waals surface area contributed by atoms with Crippen molar-refractivity contribution in [2.24, 2.45) is 5.92 Å². The molecule has 0 spiro atoms. The quantitative estimate of drug-likeness (QED) is 0.876. The van der Waals surface area contributed by atoms with Crippen molar-refractivity contribution in [1.29, 1.82) is 0 Å². The minimum atomic E-state index is -0.934. The molecule has 1 fully saturated rings. The predicted molar refractivity (Wildman–Crippen MR) is 90.5 cm³/mol. The number of carboxylic acid groups (broad SMARTS) is 1. The van der Waals surface area contributed by atoms with Crippen molar-refractivity contribution in [3.8, 4) is 0 Å². The van der Waals surface area contributed by atoms with Gasteiger partial charge in [0.25, 0.3) is 0 Å².